The third-order valence-electron chi connectivity index (χ3n) is 0.787. The molecule has 0 fully saturated rings. The topological polar surface area (TPSA) is 27.7 Å². The third-order valence-corrected chi connectivity index (χ3v) is 1.49. The van der Waals surface area contributed by atoms with Gasteiger partial charge >= 0.3 is 19.5 Å². The van der Waals surface area contributed by atoms with E-state index in [0.717, 1.165) is 0 Å². The van der Waals surface area contributed by atoms with Gasteiger partial charge in [0.25, 0.3) is 0 Å². The van der Waals surface area contributed by atoms with Crippen molar-refractivity contribution in [3.63, 3.8) is 0 Å². The van der Waals surface area contributed by atoms with Crippen LogP contribution in [0.3, 0.4) is 0 Å². The molecule has 0 aliphatic carbocycles. The number of rotatable bonds is 3. The summed E-state index contributed by atoms with van der Waals surface area (Å²) in [5.41, 5.74) is 0. The van der Waals surface area contributed by atoms with E-state index in [4.69, 9.17) is 0 Å². The molecular weight excluding hydrogens is 451 g/mol. The Morgan fingerprint density at radius 3 is 0.842 bits per heavy atom. The van der Waals surface area contributed by atoms with Crippen LogP contribution in [0.2, 0.25) is 0 Å². The second-order valence-electron chi connectivity index (χ2n) is 2.05. The zero-order valence-corrected chi connectivity index (χ0v) is 17.2. The molecule has 0 saturated heterocycles. The molecule has 0 aliphatic rings. The molecule has 0 aromatic carbocycles. The molecule has 10 heteroatoms. The average molecular weight is 467 g/mol. The fraction of sp³-hybridized carbons (Fsp3) is 0.667. The molecule has 3 nitrogen and oxygen atoms in total. The summed E-state index contributed by atoms with van der Waals surface area (Å²) in [5.74, 6) is 0. The van der Waals surface area contributed by atoms with E-state index in [0.29, 0.717) is 19.8 Å². The Morgan fingerprint density at radius 1 is 0.684 bits per heavy atom. The molecule has 0 atom stereocenters. The Kier molecular flexibility index (Phi) is 35.6. The number of thiocarbonyl (C=S) groups is 3. The fourth-order valence-corrected chi connectivity index (χ4v) is 1.06. The quantitative estimate of drug-likeness (QED) is 0.354. The van der Waals surface area contributed by atoms with Crippen LogP contribution in [-0.2, 0) is 71.6 Å². The van der Waals surface area contributed by atoms with Gasteiger partial charge in [-0.1, -0.05) is 0 Å². The van der Waals surface area contributed by atoms with E-state index in [1.165, 1.54) is 0 Å². The normalized spacial score (nSPS) is 7.11. The minimum atomic E-state index is 0. The van der Waals surface area contributed by atoms with Crippen LogP contribution in [0.5, 0.6) is 0 Å². The molecular formula is C9H15O3RhS6. The molecule has 0 saturated carbocycles. The zero-order chi connectivity index (χ0) is 15.0. The summed E-state index contributed by atoms with van der Waals surface area (Å²) < 4.78 is 14.4. The molecule has 114 valence electrons. The van der Waals surface area contributed by atoms with Crippen molar-refractivity contribution in [2.45, 2.75) is 20.8 Å². The van der Waals surface area contributed by atoms with Gasteiger partial charge in [-0.3, -0.25) is 0 Å². The number of hydrogen-bond acceptors (Lipinski definition) is 9. The second kappa shape index (κ2) is 24.0. The maximum atomic E-state index is 4.59. The van der Waals surface area contributed by atoms with Crippen LogP contribution in [0, 0.1) is 0 Å². The smallest absolute Gasteiger partial charge is 0.514 e. The summed E-state index contributed by atoms with van der Waals surface area (Å²) in [6.07, 6.45) is 0. The predicted octanol–water partition coefficient (Wildman–Crippen LogP) is 2.56. The Hall–Kier alpha value is 0.953. The van der Waals surface area contributed by atoms with Crippen molar-refractivity contribution in [3.05, 3.63) is 0 Å². The van der Waals surface area contributed by atoms with E-state index in [9.17, 15) is 0 Å². The molecule has 0 radical (unpaired) electrons. The first-order valence-corrected chi connectivity index (χ1v) is 7.27. The summed E-state index contributed by atoms with van der Waals surface area (Å²) in [5, 5.41) is 0. The summed E-state index contributed by atoms with van der Waals surface area (Å²) in [6, 6.07) is 0. The maximum absolute atomic E-state index is 4.59. The Labute approximate surface area is 160 Å². The minimum Gasteiger partial charge on any atom is -0.514 e. The van der Waals surface area contributed by atoms with Gasteiger partial charge in [0.05, 0.1) is 19.8 Å². The van der Waals surface area contributed by atoms with Gasteiger partial charge in [-0.25, -0.2) is 0 Å². The van der Waals surface area contributed by atoms with Gasteiger partial charge < -0.3 is 88.8 Å². The van der Waals surface area contributed by atoms with Crippen LogP contribution in [0.4, 0.5) is 0 Å². The van der Waals surface area contributed by atoms with Gasteiger partial charge in [-0.2, -0.15) is 0 Å². The third kappa shape index (κ3) is 55.0. The van der Waals surface area contributed by atoms with Gasteiger partial charge in [0.15, 0.2) is 0 Å². The zero-order valence-electron chi connectivity index (χ0n) is 10.6. The minimum absolute atomic E-state index is 0. The van der Waals surface area contributed by atoms with Gasteiger partial charge in [0, 0.05) is 13.1 Å². The monoisotopic (exact) mass is 466 g/mol. The van der Waals surface area contributed by atoms with E-state index in [1.54, 1.807) is 0 Å². The molecule has 0 aromatic heterocycles. The molecule has 0 amide bonds. The summed E-state index contributed by atoms with van der Waals surface area (Å²) in [7, 11) is 0. The van der Waals surface area contributed by atoms with E-state index in [2.05, 4.69) is 88.8 Å². The maximum Gasteiger partial charge on any atom is 3.00 e. The summed E-state index contributed by atoms with van der Waals surface area (Å²) in [6.45, 7) is 7.29. The second-order valence-corrected chi connectivity index (χ2v) is 5.05. The summed E-state index contributed by atoms with van der Waals surface area (Å²) in [4.78, 5) is 0. The first-order chi connectivity index (χ1) is 8.31. The van der Waals surface area contributed by atoms with Crippen molar-refractivity contribution in [2.75, 3.05) is 19.8 Å². The molecule has 0 rings (SSSR count). The predicted molar refractivity (Wildman–Crippen MR) is 94.8 cm³/mol. The molecule has 0 aliphatic heterocycles. The number of ether oxygens (including phenoxy) is 3. The molecule has 0 bridgehead atoms. The van der Waals surface area contributed by atoms with Crippen molar-refractivity contribution in [2.24, 2.45) is 0 Å². The molecule has 19 heavy (non-hydrogen) atoms. The first-order valence-electron chi connectivity index (χ1n) is 4.82. The number of hydrogen-bond donors (Lipinski definition) is 0. The Morgan fingerprint density at radius 2 is 0.842 bits per heavy atom. The molecule has 0 N–H and O–H groups in total. The molecule has 0 unspecified atom stereocenters. The van der Waals surface area contributed by atoms with Gasteiger partial charge in [0.1, 0.15) is 0 Å². The van der Waals surface area contributed by atoms with Crippen molar-refractivity contribution in [3.8, 4) is 0 Å². The van der Waals surface area contributed by atoms with Crippen LogP contribution in [-0.4, -0.2) is 33.0 Å². The van der Waals surface area contributed by atoms with E-state index in [1.807, 2.05) is 20.8 Å². The van der Waals surface area contributed by atoms with Gasteiger partial charge in [-0.05, 0) is 20.8 Å². The van der Waals surface area contributed by atoms with Gasteiger partial charge in [0.2, 0.25) is 0 Å². The average Bonchev–Trinajstić information content (AvgIpc) is 2.18. The standard InChI is InChI=1S/3C3H6OS2.Rh/c3*1-2-4-3(5)6;/h3*2H2,1H3,(H,5,6);/q;;;+3/p-3. The van der Waals surface area contributed by atoms with Crippen LogP contribution in [0.1, 0.15) is 20.8 Å². The first kappa shape index (κ1) is 28.2. The SMILES string of the molecule is CCOC(=S)[S-].CCOC(=S)[S-].CCOC(=S)[S-].[Rh+3]. The fourth-order valence-electron chi connectivity index (χ4n) is 0.354. The molecule has 0 spiro atoms. The van der Waals surface area contributed by atoms with Crippen molar-refractivity contribution in [1.29, 1.82) is 0 Å². The molecule has 0 aromatic rings. The van der Waals surface area contributed by atoms with E-state index < -0.39 is 0 Å². The van der Waals surface area contributed by atoms with Crippen LogP contribution in [0.15, 0.2) is 0 Å². The summed E-state index contributed by atoms with van der Waals surface area (Å²) >= 11 is 26.3. The van der Waals surface area contributed by atoms with Crippen molar-refractivity contribution >= 4 is 87.7 Å². The Bertz CT molecular complexity index is 202. The van der Waals surface area contributed by atoms with E-state index >= 15 is 0 Å². The van der Waals surface area contributed by atoms with Crippen molar-refractivity contribution < 1.29 is 33.7 Å². The Balaban J connectivity index is -0.0000000865. The van der Waals surface area contributed by atoms with Crippen molar-refractivity contribution in [1.82, 2.24) is 0 Å². The van der Waals surface area contributed by atoms with Crippen LogP contribution in [0.25, 0.3) is 0 Å². The largest absolute Gasteiger partial charge is 3.00 e. The molecule has 0 heterocycles. The van der Waals surface area contributed by atoms with Crippen LogP contribution >= 0.6 is 36.7 Å². The van der Waals surface area contributed by atoms with Gasteiger partial charge in [-0.15, -0.1) is 0 Å². The van der Waals surface area contributed by atoms with E-state index in [-0.39, 0.29) is 32.6 Å². The van der Waals surface area contributed by atoms with Crippen LogP contribution < -0.4 is 0 Å².